The standard InChI is InChI=1S/C18H33NO8/c1-12(21)19-15-17(24)16(23)13(11-20)27-18(15)26-10-8-6-4-3-5-7-9-14(22)25-2/h13,15-18,20,23-24H,3-11H2,1-2H3,(H,19,21)/t13-,15-,16-,17-,18?/m1/s1. The van der Waals surface area contributed by atoms with Gasteiger partial charge in [-0.25, -0.2) is 0 Å². The quantitative estimate of drug-likeness (QED) is 0.267. The number of ether oxygens (including phenoxy) is 3. The van der Waals surface area contributed by atoms with Gasteiger partial charge in [0.1, 0.15) is 24.4 Å². The van der Waals surface area contributed by atoms with Crippen LogP contribution in [0.5, 0.6) is 0 Å². The summed E-state index contributed by atoms with van der Waals surface area (Å²) < 4.78 is 15.7. The largest absolute Gasteiger partial charge is 0.469 e. The summed E-state index contributed by atoms with van der Waals surface area (Å²) >= 11 is 0. The normalized spacial score (nSPS) is 28.0. The van der Waals surface area contributed by atoms with Crippen molar-refractivity contribution in [3.8, 4) is 0 Å². The zero-order valence-electron chi connectivity index (χ0n) is 16.1. The van der Waals surface area contributed by atoms with Crippen molar-refractivity contribution in [2.45, 2.75) is 82.5 Å². The number of carbonyl (C=O) groups is 2. The van der Waals surface area contributed by atoms with E-state index in [-0.39, 0.29) is 11.9 Å². The molecule has 1 saturated heterocycles. The molecule has 0 aromatic heterocycles. The van der Waals surface area contributed by atoms with Crippen molar-refractivity contribution in [2.24, 2.45) is 0 Å². The number of unbranched alkanes of at least 4 members (excludes halogenated alkanes) is 5. The molecule has 1 amide bonds. The van der Waals surface area contributed by atoms with Gasteiger partial charge in [-0.05, 0) is 12.8 Å². The molecule has 0 aromatic carbocycles. The molecule has 0 spiro atoms. The molecule has 0 aromatic rings. The second kappa shape index (κ2) is 13.0. The van der Waals surface area contributed by atoms with Crippen molar-refractivity contribution < 1.29 is 39.1 Å². The number of aliphatic hydroxyl groups excluding tert-OH is 3. The second-order valence-electron chi connectivity index (χ2n) is 6.75. The Labute approximate surface area is 160 Å². The summed E-state index contributed by atoms with van der Waals surface area (Å²) in [5.74, 6) is -0.559. The predicted octanol–water partition coefficient (Wildman–Crippen LogP) is -0.150. The van der Waals surface area contributed by atoms with Crippen LogP contribution in [0.2, 0.25) is 0 Å². The average molecular weight is 391 g/mol. The van der Waals surface area contributed by atoms with Crippen molar-refractivity contribution in [3.63, 3.8) is 0 Å². The highest BCUT2D eigenvalue weighted by atomic mass is 16.7. The lowest BCUT2D eigenvalue weighted by atomic mass is 9.97. The molecule has 5 atom stereocenters. The maximum absolute atomic E-state index is 11.3. The van der Waals surface area contributed by atoms with Crippen LogP contribution in [0.4, 0.5) is 0 Å². The van der Waals surface area contributed by atoms with E-state index in [0.29, 0.717) is 13.0 Å². The van der Waals surface area contributed by atoms with Crippen molar-refractivity contribution in [2.75, 3.05) is 20.3 Å². The Balaban J connectivity index is 2.27. The number of rotatable bonds is 12. The molecule has 1 aliphatic rings. The summed E-state index contributed by atoms with van der Waals surface area (Å²) in [6, 6.07) is -0.904. The first-order chi connectivity index (χ1) is 12.9. The topological polar surface area (TPSA) is 135 Å². The highest BCUT2D eigenvalue weighted by molar-refractivity contribution is 5.73. The molecule has 1 aliphatic heterocycles. The Hall–Kier alpha value is -1.26. The molecule has 9 heteroatoms. The predicted molar refractivity (Wildman–Crippen MR) is 95.7 cm³/mol. The van der Waals surface area contributed by atoms with Crippen LogP contribution in [0.25, 0.3) is 0 Å². The zero-order chi connectivity index (χ0) is 20.2. The van der Waals surface area contributed by atoms with Gasteiger partial charge in [-0.1, -0.05) is 25.7 Å². The highest BCUT2D eigenvalue weighted by Gasteiger charge is 2.45. The zero-order valence-corrected chi connectivity index (χ0v) is 16.1. The van der Waals surface area contributed by atoms with Crippen molar-refractivity contribution in [3.05, 3.63) is 0 Å². The van der Waals surface area contributed by atoms with Gasteiger partial charge >= 0.3 is 5.97 Å². The van der Waals surface area contributed by atoms with Crippen LogP contribution in [0.1, 0.15) is 51.9 Å². The second-order valence-corrected chi connectivity index (χ2v) is 6.75. The minimum atomic E-state index is -1.31. The summed E-state index contributed by atoms with van der Waals surface area (Å²) in [6.45, 7) is 1.20. The van der Waals surface area contributed by atoms with Gasteiger partial charge in [0, 0.05) is 20.0 Å². The Morgan fingerprint density at radius 1 is 1.04 bits per heavy atom. The van der Waals surface area contributed by atoms with Crippen LogP contribution in [0.15, 0.2) is 0 Å². The van der Waals surface area contributed by atoms with Crippen LogP contribution in [0.3, 0.4) is 0 Å². The number of hydrogen-bond donors (Lipinski definition) is 4. The third-order valence-corrected chi connectivity index (χ3v) is 4.54. The van der Waals surface area contributed by atoms with E-state index in [1.54, 1.807) is 0 Å². The lowest BCUT2D eigenvalue weighted by Gasteiger charge is -2.42. The fourth-order valence-electron chi connectivity index (χ4n) is 2.99. The van der Waals surface area contributed by atoms with Gasteiger partial charge in [0.15, 0.2) is 6.29 Å². The van der Waals surface area contributed by atoms with Gasteiger partial charge < -0.3 is 34.8 Å². The van der Waals surface area contributed by atoms with Gasteiger partial charge in [-0.15, -0.1) is 0 Å². The summed E-state index contributed by atoms with van der Waals surface area (Å²) in [6.07, 6.45) is 1.45. The van der Waals surface area contributed by atoms with E-state index < -0.39 is 37.3 Å². The van der Waals surface area contributed by atoms with Crippen molar-refractivity contribution in [1.29, 1.82) is 0 Å². The number of aliphatic hydroxyl groups is 3. The van der Waals surface area contributed by atoms with Crippen molar-refractivity contribution >= 4 is 11.9 Å². The van der Waals surface area contributed by atoms with Gasteiger partial charge in [0.05, 0.1) is 13.7 Å². The first-order valence-corrected chi connectivity index (χ1v) is 9.48. The maximum Gasteiger partial charge on any atom is 0.305 e. The number of esters is 1. The lowest BCUT2D eigenvalue weighted by molar-refractivity contribution is -0.270. The number of carbonyl (C=O) groups excluding carboxylic acids is 2. The minimum Gasteiger partial charge on any atom is -0.469 e. The smallest absolute Gasteiger partial charge is 0.305 e. The van der Waals surface area contributed by atoms with E-state index in [2.05, 4.69) is 10.1 Å². The first-order valence-electron chi connectivity index (χ1n) is 9.48. The van der Waals surface area contributed by atoms with Crippen LogP contribution in [-0.2, 0) is 23.8 Å². The van der Waals surface area contributed by atoms with Crippen LogP contribution in [0, 0.1) is 0 Å². The summed E-state index contributed by atoms with van der Waals surface area (Å²) in [4.78, 5) is 22.3. The van der Waals surface area contributed by atoms with E-state index >= 15 is 0 Å². The molecule has 158 valence electrons. The molecular weight excluding hydrogens is 358 g/mol. The molecule has 0 radical (unpaired) electrons. The Morgan fingerprint density at radius 3 is 2.26 bits per heavy atom. The molecule has 1 unspecified atom stereocenters. The van der Waals surface area contributed by atoms with E-state index in [4.69, 9.17) is 9.47 Å². The lowest BCUT2D eigenvalue weighted by Crippen LogP contribution is -2.64. The van der Waals surface area contributed by atoms with Gasteiger partial charge in [-0.2, -0.15) is 0 Å². The molecule has 1 fully saturated rings. The van der Waals surface area contributed by atoms with E-state index in [0.717, 1.165) is 38.5 Å². The molecule has 1 heterocycles. The molecule has 1 rings (SSSR count). The summed E-state index contributed by atoms with van der Waals surface area (Å²) in [5, 5.41) is 31.9. The number of hydrogen-bond acceptors (Lipinski definition) is 8. The number of methoxy groups -OCH3 is 1. The van der Waals surface area contributed by atoms with Gasteiger partial charge in [-0.3, -0.25) is 9.59 Å². The highest BCUT2D eigenvalue weighted by Crippen LogP contribution is 2.22. The first kappa shape index (κ1) is 23.8. The molecule has 0 saturated carbocycles. The van der Waals surface area contributed by atoms with E-state index in [1.807, 2.05) is 0 Å². The molecular formula is C18H33NO8. The summed E-state index contributed by atoms with van der Waals surface area (Å²) in [5.41, 5.74) is 0. The third kappa shape index (κ3) is 8.52. The fraction of sp³-hybridized carbons (Fsp3) is 0.889. The Kier molecular flexibility index (Phi) is 11.5. The molecule has 0 aliphatic carbocycles. The molecule has 0 bridgehead atoms. The SMILES string of the molecule is COC(=O)CCCCCCCCOC1O[C@H](CO)[C@@H](O)[C@H](O)[C@H]1NC(C)=O. The van der Waals surface area contributed by atoms with E-state index in [9.17, 15) is 24.9 Å². The van der Waals surface area contributed by atoms with Crippen LogP contribution >= 0.6 is 0 Å². The monoisotopic (exact) mass is 391 g/mol. The van der Waals surface area contributed by atoms with Crippen LogP contribution in [-0.4, -0.2) is 78.2 Å². The van der Waals surface area contributed by atoms with Gasteiger partial charge in [0.25, 0.3) is 0 Å². The minimum absolute atomic E-state index is 0.182. The number of nitrogens with one attached hydrogen (secondary N) is 1. The Morgan fingerprint density at radius 2 is 1.67 bits per heavy atom. The maximum atomic E-state index is 11.3. The summed E-state index contributed by atoms with van der Waals surface area (Å²) in [7, 11) is 1.39. The van der Waals surface area contributed by atoms with Crippen LogP contribution < -0.4 is 5.32 Å². The molecule has 9 nitrogen and oxygen atoms in total. The van der Waals surface area contributed by atoms with E-state index in [1.165, 1.54) is 14.0 Å². The van der Waals surface area contributed by atoms with Crippen molar-refractivity contribution in [1.82, 2.24) is 5.32 Å². The third-order valence-electron chi connectivity index (χ3n) is 4.54. The average Bonchev–Trinajstić information content (AvgIpc) is 2.65. The molecule has 27 heavy (non-hydrogen) atoms. The Bertz CT molecular complexity index is 447. The van der Waals surface area contributed by atoms with Gasteiger partial charge in [0.2, 0.25) is 5.91 Å². The fourth-order valence-corrected chi connectivity index (χ4v) is 2.99. The molecule has 4 N–H and O–H groups in total. The number of amides is 1.